The van der Waals surface area contributed by atoms with E-state index in [1.807, 2.05) is 6.07 Å². The van der Waals surface area contributed by atoms with Crippen molar-refractivity contribution in [1.82, 2.24) is 15.2 Å². The molecule has 1 N–H and O–H groups in total. The number of likely N-dealkylation sites (N-methyl/N-ethyl adjacent to an activating group) is 1. The molecule has 20 heavy (non-hydrogen) atoms. The van der Waals surface area contributed by atoms with Gasteiger partial charge in [-0.2, -0.15) is 0 Å². The Hall–Kier alpha value is -0.840. The molecule has 1 aromatic rings. The summed E-state index contributed by atoms with van der Waals surface area (Å²) < 4.78 is 5.72. The first-order valence-corrected chi connectivity index (χ1v) is 7.65. The largest absolute Gasteiger partial charge is 0.476 e. The highest BCUT2D eigenvalue weighted by atomic mass is 35.5. The Labute approximate surface area is 126 Å². The van der Waals surface area contributed by atoms with Gasteiger partial charge in [0, 0.05) is 37.4 Å². The predicted octanol–water partition coefficient (Wildman–Crippen LogP) is 2.71. The summed E-state index contributed by atoms with van der Waals surface area (Å²) in [6, 6.07) is 3.12. The molecule has 1 heterocycles. The molecule has 1 aromatic heterocycles. The lowest BCUT2D eigenvalue weighted by Gasteiger charge is -2.16. The highest BCUT2D eigenvalue weighted by Gasteiger charge is 2.25. The third-order valence-corrected chi connectivity index (χ3v) is 3.81. The number of hydrogen-bond acceptors (Lipinski definition) is 4. The van der Waals surface area contributed by atoms with Crippen LogP contribution in [0.5, 0.6) is 5.88 Å². The first-order chi connectivity index (χ1) is 9.56. The molecule has 0 amide bonds. The zero-order valence-corrected chi connectivity index (χ0v) is 13.3. The molecule has 2 rings (SSSR count). The molecule has 112 valence electrons. The van der Waals surface area contributed by atoms with Gasteiger partial charge in [-0.05, 0) is 25.5 Å². The van der Waals surface area contributed by atoms with E-state index in [-0.39, 0.29) is 0 Å². The normalized spacial score (nSPS) is 15.1. The summed E-state index contributed by atoms with van der Waals surface area (Å²) in [4.78, 5) is 6.57. The summed E-state index contributed by atoms with van der Waals surface area (Å²) in [6.45, 7) is 6.56. The van der Waals surface area contributed by atoms with E-state index in [9.17, 15) is 0 Å². The van der Waals surface area contributed by atoms with Crippen LogP contribution in [0.15, 0.2) is 12.3 Å². The van der Waals surface area contributed by atoms with Crippen molar-refractivity contribution in [3.8, 4) is 5.88 Å². The van der Waals surface area contributed by atoms with Gasteiger partial charge in [0.05, 0.1) is 5.02 Å². The summed E-state index contributed by atoms with van der Waals surface area (Å²) >= 11 is 6.15. The topological polar surface area (TPSA) is 37.4 Å². The second-order valence-corrected chi connectivity index (χ2v) is 6.12. The molecule has 0 bridgehead atoms. The third kappa shape index (κ3) is 4.93. The molecule has 4 nitrogen and oxygen atoms in total. The van der Waals surface area contributed by atoms with Gasteiger partial charge in [-0.1, -0.05) is 25.4 Å². The van der Waals surface area contributed by atoms with Crippen LogP contribution < -0.4 is 10.1 Å². The van der Waals surface area contributed by atoms with Crippen molar-refractivity contribution < 1.29 is 4.74 Å². The molecule has 0 aromatic carbocycles. The van der Waals surface area contributed by atoms with Crippen molar-refractivity contribution in [3.63, 3.8) is 0 Å². The Morgan fingerprint density at radius 1 is 1.50 bits per heavy atom. The number of pyridine rings is 1. The highest BCUT2D eigenvalue weighted by molar-refractivity contribution is 6.31. The maximum atomic E-state index is 6.15. The van der Waals surface area contributed by atoms with Gasteiger partial charge in [0.15, 0.2) is 0 Å². The first-order valence-electron chi connectivity index (χ1n) is 7.27. The van der Waals surface area contributed by atoms with Crippen LogP contribution in [-0.2, 0) is 6.54 Å². The lowest BCUT2D eigenvalue weighted by Crippen LogP contribution is -2.26. The Morgan fingerprint density at radius 3 is 2.90 bits per heavy atom. The lowest BCUT2D eigenvalue weighted by atomic mass is 10.2. The van der Waals surface area contributed by atoms with Gasteiger partial charge >= 0.3 is 0 Å². The molecule has 1 saturated carbocycles. The minimum absolute atomic E-state index is 0.427. The van der Waals surface area contributed by atoms with E-state index >= 15 is 0 Å². The predicted molar refractivity (Wildman–Crippen MR) is 82.4 cm³/mol. The number of rotatable bonds is 8. The third-order valence-electron chi connectivity index (χ3n) is 3.47. The molecule has 1 fully saturated rings. The SMILES string of the molecule is CC(C)NCc1cc(OCCN(C)C2CC2)ncc1Cl. The van der Waals surface area contributed by atoms with Crippen LogP contribution in [0.4, 0.5) is 0 Å². The lowest BCUT2D eigenvalue weighted by molar-refractivity contribution is 0.226. The van der Waals surface area contributed by atoms with Crippen LogP contribution in [0.25, 0.3) is 0 Å². The average molecular weight is 298 g/mol. The fourth-order valence-corrected chi connectivity index (χ4v) is 2.15. The molecule has 5 heteroatoms. The van der Waals surface area contributed by atoms with Crippen molar-refractivity contribution in [3.05, 3.63) is 22.8 Å². The first kappa shape index (κ1) is 15.5. The minimum Gasteiger partial charge on any atom is -0.476 e. The van der Waals surface area contributed by atoms with Crippen molar-refractivity contribution in [2.75, 3.05) is 20.2 Å². The van der Waals surface area contributed by atoms with E-state index < -0.39 is 0 Å². The fourth-order valence-electron chi connectivity index (χ4n) is 1.98. The maximum absolute atomic E-state index is 6.15. The van der Waals surface area contributed by atoms with Crippen LogP contribution in [0.3, 0.4) is 0 Å². The van der Waals surface area contributed by atoms with Crippen molar-refractivity contribution in [2.45, 2.75) is 45.3 Å². The quantitative estimate of drug-likeness (QED) is 0.800. The Kier molecular flexibility index (Phi) is 5.64. The molecule has 1 aliphatic rings. The molecule has 0 spiro atoms. The number of nitrogens with one attached hydrogen (secondary N) is 1. The fraction of sp³-hybridized carbons (Fsp3) is 0.667. The number of halogens is 1. The standard InChI is InChI=1S/C15H24ClN3O/c1-11(2)17-9-12-8-15(18-10-14(12)16)20-7-6-19(3)13-4-5-13/h8,10-11,13,17H,4-7,9H2,1-3H3. The average Bonchev–Trinajstić information content (AvgIpc) is 3.23. The number of ether oxygens (including phenoxy) is 1. The van der Waals surface area contributed by atoms with E-state index in [4.69, 9.17) is 16.3 Å². The number of hydrogen-bond donors (Lipinski definition) is 1. The van der Waals surface area contributed by atoms with Crippen LogP contribution >= 0.6 is 11.6 Å². The molecule has 0 unspecified atom stereocenters. The summed E-state index contributed by atoms with van der Waals surface area (Å²) in [5.41, 5.74) is 1.03. The number of aromatic nitrogens is 1. The zero-order valence-electron chi connectivity index (χ0n) is 12.5. The van der Waals surface area contributed by atoms with Gasteiger partial charge < -0.3 is 15.0 Å². The van der Waals surface area contributed by atoms with Crippen LogP contribution in [0.1, 0.15) is 32.3 Å². The van der Waals surface area contributed by atoms with Crippen molar-refractivity contribution in [1.29, 1.82) is 0 Å². The minimum atomic E-state index is 0.427. The van der Waals surface area contributed by atoms with Gasteiger partial charge in [-0.25, -0.2) is 4.98 Å². The van der Waals surface area contributed by atoms with Crippen molar-refractivity contribution >= 4 is 11.6 Å². The van der Waals surface area contributed by atoms with Gasteiger partial charge in [-0.15, -0.1) is 0 Å². The Bertz CT molecular complexity index is 435. The van der Waals surface area contributed by atoms with E-state index in [1.54, 1.807) is 6.20 Å². The van der Waals surface area contributed by atoms with E-state index in [2.05, 4.69) is 36.1 Å². The van der Waals surface area contributed by atoms with Gasteiger partial charge in [0.25, 0.3) is 0 Å². The van der Waals surface area contributed by atoms with Gasteiger partial charge in [0.1, 0.15) is 6.61 Å². The number of nitrogens with zero attached hydrogens (tertiary/aromatic N) is 2. The molecular formula is C15H24ClN3O. The van der Waals surface area contributed by atoms with Crippen LogP contribution in [0.2, 0.25) is 5.02 Å². The summed E-state index contributed by atoms with van der Waals surface area (Å²) in [7, 11) is 2.15. The summed E-state index contributed by atoms with van der Waals surface area (Å²) in [6.07, 6.45) is 4.31. The second-order valence-electron chi connectivity index (χ2n) is 5.71. The smallest absolute Gasteiger partial charge is 0.213 e. The second kappa shape index (κ2) is 7.25. The molecule has 1 aliphatic carbocycles. The van der Waals surface area contributed by atoms with Crippen molar-refractivity contribution in [2.24, 2.45) is 0 Å². The molecule has 0 radical (unpaired) electrons. The van der Waals surface area contributed by atoms with Gasteiger partial charge in [0.2, 0.25) is 5.88 Å². The molecule has 0 saturated heterocycles. The zero-order chi connectivity index (χ0) is 14.5. The molecule has 0 aliphatic heterocycles. The van der Waals surface area contributed by atoms with Crippen LogP contribution in [-0.4, -0.2) is 42.2 Å². The maximum Gasteiger partial charge on any atom is 0.213 e. The molecule has 0 atom stereocenters. The highest BCUT2D eigenvalue weighted by Crippen LogP contribution is 2.25. The van der Waals surface area contributed by atoms with Gasteiger partial charge in [-0.3, -0.25) is 0 Å². The van der Waals surface area contributed by atoms with E-state index in [0.29, 0.717) is 23.6 Å². The Morgan fingerprint density at radius 2 is 2.25 bits per heavy atom. The summed E-state index contributed by atoms with van der Waals surface area (Å²) in [5, 5.41) is 4.03. The molecular weight excluding hydrogens is 274 g/mol. The Balaban J connectivity index is 1.82. The van der Waals surface area contributed by atoms with Crippen LogP contribution in [0, 0.1) is 0 Å². The summed E-state index contributed by atoms with van der Waals surface area (Å²) in [5.74, 6) is 0.652. The van der Waals surface area contributed by atoms with E-state index in [0.717, 1.165) is 24.7 Å². The van der Waals surface area contributed by atoms with E-state index in [1.165, 1.54) is 12.8 Å². The monoisotopic (exact) mass is 297 g/mol.